The highest BCUT2D eigenvalue weighted by Crippen LogP contribution is 2.33. The Labute approximate surface area is 94.0 Å². The molecule has 1 aliphatic heterocycles. The van der Waals surface area contributed by atoms with E-state index in [1.165, 1.54) is 38.5 Å². The molecule has 1 atom stereocenters. The second-order valence-corrected chi connectivity index (χ2v) is 4.98. The minimum Gasteiger partial charge on any atom is -0.396 e. The van der Waals surface area contributed by atoms with E-state index >= 15 is 0 Å². The van der Waals surface area contributed by atoms with Crippen molar-refractivity contribution in [2.24, 2.45) is 5.41 Å². The molecule has 1 saturated heterocycles. The molecular formula is C13H26O2. The van der Waals surface area contributed by atoms with E-state index in [9.17, 15) is 5.11 Å². The van der Waals surface area contributed by atoms with Crippen molar-refractivity contribution in [2.75, 3.05) is 19.8 Å². The van der Waals surface area contributed by atoms with Gasteiger partial charge in [0.15, 0.2) is 0 Å². The molecule has 0 bridgehead atoms. The molecule has 0 aromatic heterocycles. The second kappa shape index (κ2) is 7.24. The maximum Gasteiger partial charge on any atom is 0.0545 e. The van der Waals surface area contributed by atoms with Crippen LogP contribution >= 0.6 is 0 Å². The van der Waals surface area contributed by atoms with Crippen molar-refractivity contribution in [1.29, 1.82) is 0 Å². The van der Waals surface area contributed by atoms with E-state index in [0.717, 1.165) is 26.1 Å². The van der Waals surface area contributed by atoms with E-state index in [0.29, 0.717) is 6.61 Å². The Morgan fingerprint density at radius 3 is 2.47 bits per heavy atom. The van der Waals surface area contributed by atoms with Gasteiger partial charge in [-0.15, -0.1) is 0 Å². The molecular weight excluding hydrogens is 188 g/mol. The molecule has 0 aromatic rings. The third-order valence-electron chi connectivity index (χ3n) is 3.58. The molecule has 1 N–H and O–H groups in total. The molecule has 1 rings (SSSR count). The molecule has 0 amide bonds. The van der Waals surface area contributed by atoms with Gasteiger partial charge < -0.3 is 9.84 Å². The lowest BCUT2D eigenvalue weighted by atomic mass is 9.83. The maximum atomic E-state index is 9.38. The fourth-order valence-electron chi connectivity index (χ4n) is 2.33. The Morgan fingerprint density at radius 2 is 1.87 bits per heavy atom. The van der Waals surface area contributed by atoms with E-state index < -0.39 is 0 Å². The Bertz CT molecular complexity index is 151. The lowest BCUT2D eigenvalue weighted by Crippen LogP contribution is -2.25. The number of aliphatic hydroxyl groups is 1. The summed E-state index contributed by atoms with van der Waals surface area (Å²) >= 11 is 0. The van der Waals surface area contributed by atoms with E-state index in [4.69, 9.17) is 4.74 Å². The van der Waals surface area contributed by atoms with Crippen molar-refractivity contribution in [2.45, 2.75) is 58.3 Å². The molecule has 0 radical (unpaired) electrons. The van der Waals surface area contributed by atoms with Gasteiger partial charge in [0, 0.05) is 12.0 Å². The fourth-order valence-corrected chi connectivity index (χ4v) is 2.33. The van der Waals surface area contributed by atoms with Gasteiger partial charge in [0.2, 0.25) is 0 Å². The molecule has 0 aromatic carbocycles. The minimum absolute atomic E-state index is 0.116. The van der Waals surface area contributed by atoms with Crippen LogP contribution in [0.15, 0.2) is 0 Å². The number of unbranched alkanes of at least 4 members (excludes halogenated alkanes) is 5. The summed E-state index contributed by atoms with van der Waals surface area (Å²) in [6.07, 6.45) is 10.2. The second-order valence-electron chi connectivity index (χ2n) is 4.98. The van der Waals surface area contributed by atoms with Crippen LogP contribution in [0, 0.1) is 5.41 Å². The van der Waals surface area contributed by atoms with Crippen molar-refractivity contribution >= 4 is 0 Å². The topological polar surface area (TPSA) is 29.5 Å². The zero-order valence-electron chi connectivity index (χ0n) is 10.1. The lowest BCUT2D eigenvalue weighted by molar-refractivity contribution is 0.0842. The number of rotatable bonds is 8. The molecule has 90 valence electrons. The number of ether oxygens (including phenoxy) is 1. The highest BCUT2D eigenvalue weighted by Gasteiger charge is 2.33. The third-order valence-corrected chi connectivity index (χ3v) is 3.58. The Morgan fingerprint density at radius 1 is 1.13 bits per heavy atom. The van der Waals surface area contributed by atoms with Crippen LogP contribution in [0.3, 0.4) is 0 Å². The van der Waals surface area contributed by atoms with Crippen molar-refractivity contribution in [3.05, 3.63) is 0 Å². The molecule has 0 spiro atoms. The van der Waals surface area contributed by atoms with Crippen molar-refractivity contribution in [3.8, 4) is 0 Å². The van der Waals surface area contributed by atoms with Gasteiger partial charge in [-0.3, -0.25) is 0 Å². The maximum absolute atomic E-state index is 9.38. The van der Waals surface area contributed by atoms with Gasteiger partial charge in [0.25, 0.3) is 0 Å². The summed E-state index contributed by atoms with van der Waals surface area (Å²) in [5.74, 6) is 0. The van der Waals surface area contributed by atoms with Gasteiger partial charge in [0.1, 0.15) is 0 Å². The Balaban J connectivity index is 2.02. The normalized spacial score (nSPS) is 26.0. The number of hydrogen-bond acceptors (Lipinski definition) is 2. The SMILES string of the molecule is CCCCCCCCC1(CO)CCOC1. The van der Waals surface area contributed by atoms with Gasteiger partial charge in [-0.25, -0.2) is 0 Å². The van der Waals surface area contributed by atoms with Crippen LogP contribution in [0.4, 0.5) is 0 Å². The predicted molar refractivity (Wildman–Crippen MR) is 62.9 cm³/mol. The number of aliphatic hydroxyl groups excluding tert-OH is 1. The highest BCUT2D eigenvalue weighted by atomic mass is 16.5. The molecule has 15 heavy (non-hydrogen) atoms. The Hall–Kier alpha value is -0.0800. The van der Waals surface area contributed by atoms with Gasteiger partial charge in [-0.1, -0.05) is 45.4 Å². The minimum atomic E-state index is 0.116. The van der Waals surface area contributed by atoms with Gasteiger partial charge in [-0.05, 0) is 12.8 Å². The third kappa shape index (κ3) is 4.52. The first-order valence-corrected chi connectivity index (χ1v) is 6.51. The number of hydrogen-bond donors (Lipinski definition) is 1. The first-order chi connectivity index (χ1) is 7.33. The fraction of sp³-hybridized carbons (Fsp3) is 1.00. The first kappa shape index (κ1) is 13.0. The molecule has 1 unspecified atom stereocenters. The highest BCUT2D eigenvalue weighted by molar-refractivity contribution is 4.82. The lowest BCUT2D eigenvalue weighted by Gasteiger charge is -2.24. The largest absolute Gasteiger partial charge is 0.396 e. The van der Waals surface area contributed by atoms with Crippen LogP contribution in [0.25, 0.3) is 0 Å². The zero-order valence-corrected chi connectivity index (χ0v) is 10.1. The van der Waals surface area contributed by atoms with Crippen LogP contribution in [-0.4, -0.2) is 24.9 Å². The molecule has 2 nitrogen and oxygen atoms in total. The van der Waals surface area contributed by atoms with Crippen molar-refractivity contribution in [3.63, 3.8) is 0 Å². The monoisotopic (exact) mass is 214 g/mol. The summed E-state index contributed by atoms with van der Waals surface area (Å²) in [5, 5.41) is 9.38. The van der Waals surface area contributed by atoms with Crippen molar-refractivity contribution in [1.82, 2.24) is 0 Å². The molecule has 1 aliphatic rings. The zero-order chi connectivity index (χ0) is 11.0. The molecule has 0 saturated carbocycles. The summed E-state index contributed by atoms with van der Waals surface area (Å²) in [6, 6.07) is 0. The average Bonchev–Trinajstić information content (AvgIpc) is 2.73. The summed E-state index contributed by atoms with van der Waals surface area (Å²) in [7, 11) is 0. The van der Waals surface area contributed by atoms with E-state index in [-0.39, 0.29) is 5.41 Å². The van der Waals surface area contributed by atoms with Crippen LogP contribution in [0.2, 0.25) is 0 Å². The summed E-state index contributed by atoms with van der Waals surface area (Å²) in [4.78, 5) is 0. The molecule has 1 fully saturated rings. The first-order valence-electron chi connectivity index (χ1n) is 6.51. The summed E-state index contributed by atoms with van der Waals surface area (Å²) in [5.41, 5.74) is 0.116. The van der Waals surface area contributed by atoms with Crippen LogP contribution in [0.1, 0.15) is 58.3 Å². The summed E-state index contributed by atoms with van der Waals surface area (Å²) < 4.78 is 5.39. The molecule has 1 heterocycles. The van der Waals surface area contributed by atoms with Gasteiger partial charge >= 0.3 is 0 Å². The van der Waals surface area contributed by atoms with E-state index in [1.54, 1.807) is 0 Å². The van der Waals surface area contributed by atoms with Crippen molar-refractivity contribution < 1.29 is 9.84 Å². The molecule has 2 heteroatoms. The van der Waals surface area contributed by atoms with Crippen LogP contribution in [0.5, 0.6) is 0 Å². The van der Waals surface area contributed by atoms with E-state index in [2.05, 4.69) is 6.92 Å². The Kier molecular flexibility index (Phi) is 6.26. The smallest absolute Gasteiger partial charge is 0.0545 e. The van der Waals surface area contributed by atoms with Gasteiger partial charge in [0.05, 0.1) is 13.2 Å². The quantitative estimate of drug-likeness (QED) is 0.629. The molecule has 0 aliphatic carbocycles. The van der Waals surface area contributed by atoms with Crippen LogP contribution < -0.4 is 0 Å². The van der Waals surface area contributed by atoms with E-state index in [1.807, 2.05) is 0 Å². The standard InChI is InChI=1S/C13H26O2/c1-2-3-4-5-6-7-8-13(11-14)9-10-15-12-13/h14H,2-12H2,1H3. The van der Waals surface area contributed by atoms with Crippen LogP contribution in [-0.2, 0) is 4.74 Å². The predicted octanol–water partition coefficient (Wildman–Crippen LogP) is 3.14. The average molecular weight is 214 g/mol. The van der Waals surface area contributed by atoms with Gasteiger partial charge in [-0.2, -0.15) is 0 Å². The summed E-state index contributed by atoms with van der Waals surface area (Å²) in [6.45, 7) is 4.17.